The van der Waals surface area contributed by atoms with Crippen molar-refractivity contribution in [3.8, 4) is 0 Å². The highest BCUT2D eigenvalue weighted by Gasteiger charge is 2.15. The molecule has 0 bridgehead atoms. The van der Waals surface area contributed by atoms with Crippen molar-refractivity contribution in [2.24, 2.45) is 7.05 Å². The van der Waals surface area contributed by atoms with Gasteiger partial charge in [0.1, 0.15) is 11.5 Å². The SMILES string of the molecule is Cc1nc(CCNC(=O)c2cccn2C)nc2c1CCCC2. The molecule has 5 nitrogen and oxygen atoms in total. The van der Waals surface area contributed by atoms with Gasteiger partial charge in [-0.25, -0.2) is 9.97 Å². The van der Waals surface area contributed by atoms with Crippen LogP contribution in [0.25, 0.3) is 0 Å². The first-order chi connectivity index (χ1) is 10.6. The fourth-order valence-corrected chi connectivity index (χ4v) is 3.03. The second-order valence-corrected chi connectivity index (χ2v) is 5.87. The topological polar surface area (TPSA) is 59.8 Å². The Morgan fingerprint density at radius 3 is 2.91 bits per heavy atom. The van der Waals surface area contributed by atoms with Crippen LogP contribution in [-0.2, 0) is 26.3 Å². The first-order valence-electron chi connectivity index (χ1n) is 7.90. The first kappa shape index (κ1) is 14.8. The summed E-state index contributed by atoms with van der Waals surface area (Å²) in [6, 6.07) is 3.68. The number of aryl methyl sites for hydroxylation is 3. The summed E-state index contributed by atoms with van der Waals surface area (Å²) in [5.74, 6) is 0.785. The molecule has 1 N–H and O–H groups in total. The van der Waals surface area contributed by atoms with E-state index in [1.807, 2.05) is 29.9 Å². The molecule has 3 rings (SSSR count). The van der Waals surface area contributed by atoms with Crippen molar-refractivity contribution >= 4 is 5.91 Å². The largest absolute Gasteiger partial charge is 0.350 e. The Bertz CT molecular complexity index is 690. The second kappa shape index (κ2) is 6.30. The smallest absolute Gasteiger partial charge is 0.267 e. The van der Waals surface area contributed by atoms with Crippen LogP contribution in [0.4, 0.5) is 0 Å². The summed E-state index contributed by atoms with van der Waals surface area (Å²) in [7, 11) is 1.87. The van der Waals surface area contributed by atoms with Gasteiger partial charge in [0.2, 0.25) is 0 Å². The van der Waals surface area contributed by atoms with Crippen LogP contribution in [0.1, 0.15) is 46.1 Å². The molecule has 0 spiro atoms. The van der Waals surface area contributed by atoms with Gasteiger partial charge >= 0.3 is 0 Å². The monoisotopic (exact) mass is 298 g/mol. The van der Waals surface area contributed by atoms with Crippen LogP contribution in [0.2, 0.25) is 0 Å². The van der Waals surface area contributed by atoms with E-state index in [0.29, 0.717) is 18.7 Å². The molecular formula is C17H22N4O. The molecule has 116 valence electrons. The Morgan fingerprint density at radius 2 is 2.14 bits per heavy atom. The molecule has 2 aromatic rings. The molecule has 1 aliphatic rings. The van der Waals surface area contributed by atoms with E-state index in [9.17, 15) is 4.79 Å². The van der Waals surface area contributed by atoms with E-state index in [-0.39, 0.29) is 5.91 Å². The van der Waals surface area contributed by atoms with Gasteiger partial charge in [0, 0.05) is 37.6 Å². The van der Waals surface area contributed by atoms with Crippen molar-refractivity contribution < 1.29 is 4.79 Å². The number of hydrogen-bond donors (Lipinski definition) is 1. The third kappa shape index (κ3) is 3.03. The predicted molar refractivity (Wildman–Crippen MR) is 84.9 cm³/mol. The van der Waals surface area contributed by atoms with Crippen molar-refractivity contribution in [1.29, 1.82) is 0 Å². The lowest BCUT2D eigenvalue weighted by Crippen LogP contribution is -2.28. The van der Waals surface area contributed by atoms with Gasteiger partial charge in [0.25, 0.3) is 5.91 Å². The van der Waals surface area contributed by atoms with E-state index in [4.69, 9.17) is 0 Å². The Kier molecular flexibility index (Phi) is 4.22. The molecule has 0 radical (unpaired) electrons. The van der Waals surface area contributed by atoms with E-state index in [2.05, 4.69) is 22.2 Å². The number of carbonyl (C=O) groups is 1. The molecule has 0 saturated heterocycles. The van der Waals surface area contributed by atoms with Gasteiger partial charge in [-0.05, 0) is 50.3 Å². The maximum atomic E-state index is 12.0. The number of carbonyl (C=O) groups excluding carboxylic acids is 1. The van der Waals surface area contributed by atoms with Crippen molar-refractivity contribution in [3.63, 3.8) is 0 Å². The van der Waals surface area contributed by atoms with Crippen LogP contribution in [0.3, 0.4) is 0 Å². The summed E-state index contributed by atoms with van der Waals surface area (Å²) in [4.78, 5) is 21.3. The molecule has 5 heteroatoms. The van der Waals surface area contributed by atoms with Crippen molar-refractivity contribution in [1.82, 2.24) is 19.9 Å². The van der Waals surface area contributed by atoms with Crippen LogP contribution in [0.5, 0.6) is 0 Å². The maximum Gasteiger partial charge on any atom is 0.267 e. The molecule has 2 aromatic heterocycles. The number of aromatic nitrogens is 3. The number of nitrogens with one attached hydrogen (secondary N) is 1. The van der Waals surface area contributed by atoms with Gasteiger partial charge in [-0.15, -0.1) is 0 Å². The summed E-state index contributed by atoms with van der Waals surface area (Å²) in [6.45, 7) is 2.63. The van der Waals surface area contributed by atoms with Crippen LogP contribution in [0, 0.1) is 6.92 Å². The van der Waals surface area contributed by atoms with E-state index >= 15 is 0 Å². The van der Waals surface area contributed by atoms with Crippen molar-refractivity contribution in [2.45, 2.75) is 39.0 Å². The van der Waals surface area contributed by atoms with E-state index in [0.717, 1.165) is 24.4 Å². The number of hydrogen-bond acceptors (Lipinski definition) is 3. The molecule has 0 aliphatic heterocycles. The highest BCUT2D eigenvalue weighted by atomic mass is 16.1. The molecule has 22 heavy (non-hydrogen) atoms. The summed E-state index contributed by atoms with van der Waals surface area (Å²) >= 11 is 0. The third-order valence-corrected chi connectivity index (χ3v) is 4.25. The van der Waals surface area contributed by atoms with E-state index < -0.39 is 0 Å². The van der Waals surface area contributed by atoms with Crippen LogP contribution in [-0.4, -0.2) is 27.0 Å². The van der Waals surface area contributed by atoms with Gasteiger partial charge in [-0.1, -0.05) is 0 Å². The number of nitrogens with zero attached hydrogens (tertiary/aromatic N) is 3. The average Bonchev–Trinajstić information content (AvgIpc) is 2.93. The van der Waals surface area contributed by atoms with Gasteiger partial charge in [0.15, 0.2) is 0 Å². The minimum atomic E-state index is -0.0535. The Morgan fingerprint density at radius 1 is 1.32 bits per heavy atom. The summed E-state index contributed by atoms with van der Waals surface area (Å²) in [5.41, 5.74) is 4.32. The molecule has 0 atom stereocenters. The molecule has 0 saturated carbocycles. The molecular weight excluding hydrogens is 276 g/mol. The zero-order valence-electron chi connectivity index (χ0n) is 13.2. The number of amides is 1. The second-order valence-electron chi connectivity index (χ2n) is 5.87. The fourth-order valence-electron chi connectivity index (χ4n) is 3.03. The Balaban J connectivity index is 1.61. The standard InChI is InChI=1S/C17H22N4O/c1-12-13-6-3-4-7-14(13)20-16(19-12)9-10-18-17(22)15-8-5-11-21(15)2/h5,8,11H,3-4,6-7,9-10H2,1-2H3,(H,18,22). The van der Waals surface area contributed by atoms with E-state index in [1.54, 1.807) is 0 Å². The normalized spacial score (nSPS) is 13.7. The third-order valence-electron chi connectivity index (χ3n) is 4.25. The zero-order valence-corrected chi connectivity index (χ0v) is 13.2. The lowest BCUT2D eigenvalue weighted by molar-refractivity contribution is 0.0946. The maximum absolute atomic E-state index is 12.0. The number of rotatable bonds is 4. The number of fused-ring (bicyclic) bond motifs is 1. The molecule has 0 unspecified atom stereocenters. The quantitative estimate of drug-likeness (QED) is 0.939. The van der Waals surface area contributed by atoms with Gasteiger partial charge in [0.05, 0.1) is 0 Å². The van der Waals surface area contributed by atoms with Gasteiger partial charge in [-0.2, -0.15) is 0 Å². The lowest BCUT2D eigenvalue weighted by Gasteiger charge is -2.17. The summed E-state index contributed by atoms with van der Waals surface area (Å²) < 4.78 is 1.81. The lowest BCUT2D eigenvalue weighted by atomic mass is 9.95. The Hall–Kier alpha value is -2.17. The Labute approximate surface area is 130 Å². The van der Waals surface area contributed by atoms with Crippen molar-refractivity contribution in [2.75, 3.05) is 6.54 Å². The zero-order chi connectivity index (χ0) is 15.5. The van der Waals surface area contributed by atoms with Crippen LogP contribution >= 0.6 is 0 Å². The molecule has 0 fully saturated rings. The fraction of sp³-hybridized carbons (Fsp3) is 0.471. The van der Waals surface area contributed by atoms with Gasteiger partial charge < -0.3 is 9.88 Å². The van der Waals surface area contributed by atoms with Crippen LogP contribution < -0.4 is 5.32 Å². The predicted octanol–water partition coefficient (Wildman–Crippen LogP) is 1.97. The highest BCUT2D eigenvalue weighted by molar-refractivity contribution is 5.92. The minimum absolute atomic E-state index is 0.0535. The first-order valence-corrected chi connectivity index (χ1v) is 7.90. The molecule has 0 aromatic carbocycles. The van der Waals surface area contributed by atoms with Gasteiger partial charge in [-0.3, -0.25) is 4.79 Å². The minimum Gasteiger partial charge on any atom is -0.350 e. The summed E-state index contributed by atoms with van der Waals surface area (Å²) in [5, 5.41) is 2.93. The van der Waals surface area contributed by atoms with Crippen LogP contribution in [0.15, 0.2) is 18.3 Å². The molecule has 2 heterocycles. The average molecular weight is 298 g/mol. The highest BCUT2D eigenvalue weighted by Crippen LogP contribution is 2.21. The van der Waals surface area contributed by atoms with E-state index in [1.165, 1.54) is 24.1 Å². The molecule has 1 amide bonds. The summed E-state index contributed by atoms with van der Waals surface area (Å²) in [6.07, 6.45) is 7.15. The van der Waals surface area contributed by atoms with Crippen molar-refractivity contribution in [3.05, 3.63) is 46.8 Å². The molecule has 1 aliphatic carbocycles.